The summed E-state index contributed by atoms with van der Waals surface area (Å²) in [6.07, 6.45) is -0.663. The Morgan fingerprint density at radius 2 is 1.75 bits per heavy atom. The molecule has 1 amide bonds. The first-order valence-electron chi connectivity index (χ1n) is 6.54. The zero-order valence-corrected chi connectivity index (χ0v) is 12.3. The zero-order valence-electron chi connectivity index (χ0n) is 12.3. The second-order valence-corrected chi connectivity index (χ2v) is 4.71. The van der Waals surface area contributed by atoms with E-state index in [2.05, 4.69) is 4.74 Å². The summed E-state index contributed by atoms with van der Waals surface area (Å²) in [7, 11) is 1.30. The highest BCUT2D eigenvalue weighted by molar-refractivity contribution is 5.85. The van der Waals surface area contributed by atoms with Gasteiger partial charge in [-0.1, -0.05) is 18.2 Å². The van der Waals surface area contributed by atoms with Crippen molar-refractivity contribution in [2.24, 2.45) is 0 Å². The highest BCUT2D eigenvalue weighted by Crippen LogP contribution is 2.13. The first kappa shape index (κ1) is 16.0. The second-order valence-electron chi connectivity index (χ2n) is 4.71. The van der Waals surface area contributed by atoms with Crippen LogP contribution < -0.4 is 4.74 Å². The number of carbonyl (C=O) groups excluding carboxylic acids is 2. The molecule has 1 aromatic rings. The Kier molecular flexibility index (Phi) is 6.03. The molecule has 5 nitrogen and oxygen atoms in total. The van der Waals surface area contributed by atoms with Gasteiger partial charge in [0, 0.05) is 6.04 Å². The molecule has 110 valence electrons. The van der Waals surface area contributed by atoms with E-state index in [1.54, 1.807) is 19.1 Å². The molecule has 0 aromatic heterocycles. The maximum absolute atomic E-state index is 12.3. The molecule has 1 aromatic carbocycles. The monoisotopic (exact) mass is 279 g/mol. The molecule has 0 fully saturated rings. The fourth-order valence-electron chi connectivity index (χ4n) is 1.71. The van der Waals surface area contributed by atoms with Gasteiger partial charge in [-0.3, -0.25) is 9.59 Å². The molecule has 0 saturated heterocycles. The van der Waals surface area contributed by atoms with Crippen LogP contribution in [0.15, 0.2) is 30.3 Å². The summed E-state index contributed by atoms with van der Waals surface area (Å²) in [5.74, 6) is -0.0664. The molecule has 0 heterocycles. The second kappa shape index (κ2) is 7.53. The van der Waals surface area contributed by atoms with Crippen molar-refractivity contribution in [1.82, 2.24) is 4.90 Å². The predicted octanol–water partition coefficient (Wildman–Crippen LogP) is 1.86. The number of nitrogens with zero attached hydrogens (tertiary/aromatic N) is 1. The van der Waals surface area contributed by atoms with Gasteiger partial charge in [-0.25, -0.2) is 0 Å². The van der Waals surface area contributed by atoms with Crippen LogP contribution in [0.25, 0.3) is 0 Å². The molecule has 1 unspecified atom stereocenters. The van der Waals surface area contributed by atoms with Crippen molar-refractivity contribution in [2.45, 2.75) is 32.9 Å². The summed E-state index contributed by atoms with van der Waals surface area (Å²) >= 11 is 0. The van der Waals surface area contributed by atoms with Gasteiger partial charge in [0.2, 0.25) is 0 Å². The third-order valence-electron chi connectivity index (χ3n) is 2.84. The van der Waals surface area contributed by atoms with Gasteiger partial charge in [-0.2, -0.15) is 0 Å². The van der Waals surface area contributed by atoms with Gasteiger partial charge in [0.05, 0.1) is 7.11 Å². The van der Waals surface area contributed by atoms with Crippen LogP contribution in [0.5, 0.6) is 5.75 Å². The summed E-state index contributed by atoms with van der Waals surface area (Å²) in [6.45, 7) is 5.28. The van der Waals surface area contributed by atoms with E-state index in [9.17, 15) is 9.59 Å². The van der Waals surface area contributed by atoms with Gasteiger partial charge < -0.3 is 14.4 Å². The number of methoxy groups -OCH3 is 1. The van der Waals surface area contributed by atoms with Crippen LogP contribution in [-0.4, -0.2) is 42.6 Å². The number of amides is 1. The molecular weight excluding hydrogens is 258 g/mol. The Bertz CT molecular complexity index is 444. The van der Waals surface area contributed by atoms with Gasteiger partial charge in [0.1, 0.15) is 12.3 Å². The molecular formula is C15H21NO4. The van der Waals surface area contributed by atoms with E-state index in [4.69, 9.17) is 4.74 Å². The van der Waals surface area contributed by atoms with Crippen molar-refractivity contribution in [3.05, 3.63) is 30.3 Å². The number of carbonyl (C=O) groups is 2. The van der Waals surface area contributed by atoms with Gasteiger partial charge in [0.25, 0.3) is 5.91 Å². The zero-order chi connectivity index (χ0) is 15.1. The van der Waals surface area contributed by atoms with E-state index in [0.29, 0.717) is 5.75 Å². The van der Waals surface area contributed by atoms with Gasteiger partial charge >= 0.3 is 5.97 Å². The van der Waals surface area contributed by atoms with Crippen LogP contribution in [-0.2, 0) is 14.3 Å². The van der Waals surface area contributed by atoms with Crippen LogP contribution in [0.4, 0.5) is 0 Å². The van der Waals surface area contributed by atoms with Crippen LogP contribution in [0.2, 0.25) is 0 Å². The van der Waals surface area contributed by atoms with Gasteiger partial charge in [0.15, 0.2) is 6.10 Å². The lowest BCUT2D eigenvalue weighted by atomic mass is 10.2. The minimum Gasteiger partial charge on any atom is -0.481 e. The molecule has 1 atom stereocenters. The molecule has 0 spiro atoms. The van der Waals surface area contributed by atoms with Crippen LogP contribution in [0.3, 0.4) is 0 Å². The van der Waals surface area contributed by atoms with Crippen molar-refractivity contribution >= 4 is 11.9 Å². The molecule has 0 aliphatic heterocycles. The third-order valence-corrected chi connectivity index (χ3v) is 2.84. The van der Waals surface area contributed by atoms with E-state index in [1.165, 1.54) is 12.0 Å². The maximum atomic E-state index is 12.3. The van der Waals surface area contributed by atoms with Crippen molar-refractivity contribution in [3.8, 4) is 5.75 Å². The lowest BCUT2D eigenvalue weighted by Gasteiger charge is -2.28. The molecule has 1 rings (SSSR count). The lowest BCUT2D eigenvalue weighted by Crippen LogP contribution is -2.47. The average Bonchev–Trinajstić information content (AvgIpc) is 2.44. The average molecular weight is 279 g/mol. The fourth-order valence-corrected chi connectivity index (χ4v) is 1.71. The largest absolute Gasteiger partial charge is 0.481 e. The number of hydrogen-bond donors (Lipinski definition) is 0. The van der Waals surface area contributed by atoms with Crippen LogP contribution in [0.1, 0.15) is 20.8 Å². The number of para-hydroxylation sites is 1. The Balaban J connectivity index is 2.71. The number of benzene rings is 1. The predicted molar refractivity (Wildman–Crippen MR) is 75.4 cm³/mol. The molecule has 0 aliphatic carbocycles. The molecule has 0 radical (unpaired) electrons. The maximum Gasteiger partial charge on any atom is 0.325 e. The smallest absolute Gasteiger partial charge is 0.325 e. The van der Waals surface area contributed by atoms with E-state index in [0.717, 1.165) is 0 Å². The third kappa shape index (κ3) is 4.57. The number of esters is 1. The number of hydrogen-bond acceptors (Lipinski definition) is 4. The highest BCUT2D eigenvalue weighted by Gasteiger charge is 2.26. The lowest BCUT2D eigenvalue weighted by molar-refractivity contribution is -0.150. The molecule has 0 bridgehead atoms. The van der Waals surface area contributed by atoms with Crippen LogP contribution in [0, 0.1) is 0 Å². The molecule has 0 aliphatic rings. The summed E-state index contributed by atoms with van der Waals surface area (Å²) in [5, 5.41) is 0. The standard InChI is InChI=1S/C15H21NO4/c1-11(2)16(10-14(17)19-4)15(18)12(3)20-13-8-6-5-7-9-13/h5-9,11-12H,10H2,1-4H3. The van der Waals surface area contributed by atoms with Crippen molar-refractivity contribution in [1.29, 1.82) is 0 Å². The normalized spacial score (nSPS) is 11.8. The topological polar surface area (TPSA) is 55.8 Å². The van der Waals surface area contributed by atoms with E-state index in [1.807, 2.05) is 32.0 Å². The molecule has 5 heteroatoms. The molecule has 0 N–H and O–H groups in total. The first-order valence-corrected chi connectivity index (χ1v) is 6.54. The van der Waals surface area contributed by atoms with E-state index >= 15 is 0 Å². The Hall–Kier alpha value is -2.04. The van der Waals surface area contributed by atoms with Gasteiger partial charge in [-0.15, -0.1) is 0 Å². The summed E-state index contributed by atoms with van der Waals surface area (Å²) in [5.41, 5.74) is 0. The van der Waals surface area contributed by atoms with Crippen LogP contribution >= 0.6 is 0 Å². The number of ether oxygens (including phenoxy) is 2. The fraction of sp³-hybridized carbons (Fsp3) is 0.467. The first-order chi connectivity index (χ1) is 9.45. The van der Waals surface area contributed by atoms with Crippen molar-refractivity contribution < 1.29 is 19.1 Å². The Morgan fingerprint density at radius 1 is 1.15 bits per heavy atom. The molecule has 20 heavy (non-hydrogen) atoms. The minimum absolute atomic E-state index is 0.0739. The van der Waals surface area contributed by atoms with E-state index in [-0.39, 0.29) is 18.5 Å². The summed E-state index contributed by atoms with van der Waals surface area (Å²) < 4.78 is 10.2. The van der Waals surface area contributed by atoms with Crippen molar-refractivity contribution in [3.63, 3.8) is 0 Å². The quantitative estimate of drug-likeness (QED) is 0.746. The number of rotatable bonds is 6. The molecule has 0 saturated carbocycles. The van der Waals surface area contributed by atoms with E-state index < -0.39 is 12.1 Å². The van der Waals surface area contributed by atoms with Gasteiger partial charge in [-0.05, 0) is 32.9 Å². The Morgan fingerprint density at radius 3 is 2.25 bits per heavy atom. The minimum atomic E-state index is -0.663. The highest BCUT2D eigenvalue weighted by atomic mass is 16.5. The SMILES string of the molecule is COC(=O)CN(C(=O)C(C)Oc1ccccc1)C(C)C. The van der Waals surface area contributed by atoms with Crippen molar-refractivity contribution in [2.75, 3.05) is 13.7 Å². The summed E-state index contributed by atoms with van der Waals surface area (Å²) in [6, 6.07) is 9.00. The summed E-state index contributed by atoms with van der Waals surface area (Å²) in [4.78, 5) is 25.1. The Labute approximate surface area is 119 Å².